The second-order valence-corrected chi connectivity index (χ2v) is 6.47. The second-order valence-electron chi connectivity index (χ2n) is 6.47. The van der Waals surface area contributed by atoms with Gasteiger partial charge in [-0.15, -0.1) is 0 Å². The van der Waals surface area contributed by atoms with E-state index in [1.54, 1.807) is 18.3 Å². The van der Waals surface area contributed by atoms with Gasteiger partial charge in [0.1, 0.15) is 5.82 Å². The quantitative estimate of drug-likeness (QED) is 0.274. The molecule has 3 heterocycles. The molecule has 2 aromatic heterocycles. The van der Waals surface area contributed by atoms with E-state index in [9.17, 15) is 19.7 Å². The van der Waals surface area contributed by atoms with Crippen molar-refractivity contribution in [2.45, 2.75) is 5.92 Å². The third-order valence-electron chi connectivity index (χ3n) is 4.89. The minimum atomic E-state index is -0.643. The molecule has 0 saturated carbocycles. The minimum Gasteiger partial charge on any atom is -0.341 e. The molecular weight excluding hydrogens is 364 g/mol. The van der Waals surface area contributed by atoms with Crippen LogP contribution in [0, 0.1) is 10.1 Å². The number of hydrogen-bond donors (Lipinski definition) is 4. The number of aromatic amines is 3. The molecule has 0 fully saturated rings. The zero-order chi connectivity index (χ0) is 19.4. The first-order valence-corrected chi connectivity index (χ1v) is 8.37. The van der Waals surface area contributed by atoms with Crippen LogP contribution in [0.2, 0.25) is 0 Å². The Morgan fingerprint density at radius 1 is 1.07 bits per heavy atom. The number of non-ortho nitro benzene ring substituents is 1. The summed E-state index contributed by atoms with van der Waals surface area (Å²) < 4.78 is 0. The van der Waals surface area contributed by atoms with E-state index in [-0.39, 0.29) is 17.1 Å². The maximum Gasteiger partial charge on any atom is 0.327 e. The van der Waals surface area contributed by atoms with Crippen molar-refractivity contribution in [1.29, 1.82) is 0 Å². The number of nitrogens with zero attached hydrogens (tertiary/aromatic N) is 2. The number of nitrogens with one attached hydrogen (secondary N) is 4. The number of aromatic nitrogens is 4. The first kappa shape index (κ1) is 16.0. The van der Waals surface area contributed by atoms with Crippen LogP contribution in [0.15, 0.2) is 52.2 Å². The smallest absolute Gasteiger partial charge is 0.327 e. The summed E-state index contributed by atoms with van der Waals surface area (Å²) in [5, 5.41) is 22.2. The van der Waals surface area contributed by atoms with Crippen LogP contribution in [0.25, 0.3) is 10.9 Å². The third-order valence-corrected chi connectivity index (χ3v) is 4.89. The van der Waals surface area contributed by atoms with Crippen molar-refractivity contribution in [1.82, 2.24) is 20.2 Å². The lowest BCUT2D eigenvalue weighted by Gasteiger charge is -2.28. The summed E-state index contributed by atoms with van der Waals surface area (Å²) in [6.07, 6.45) is 1.66. The van der Waals surface area contributed by atoms with Crippen molar-refractivity contribution in [3.63, 3.8) is 0 Å². The van der Waals surface area contributed by atoms with Crippen molar-refractivity contribution in [3.8, 4) is 0 Å². The van der Waals surface area contributed by atoms with Gasteiger partial charge in [-0.2, -0.15) is 5.10 Å². The summed E-state index contributed by atoms with van der Waals surface area (Å²) in [6.45, 7) is 0. The van der Waals surface area contributed by atoms with Gasteiger partial charge < -0.3 is 5.32 Å². The van der Waals surface area contributed by atoms with E-state index in [0.29, 0.717) is 16.8 Å². The number of rotatable bonds is 2. The zero-order valence-corrected chi connectivity index (χ0v) is 14.1. The fraction of sp³-hybridized carbons (Fsp3) is 0.0556. The van der Waals surface area contributed by atoms with Gasteiger partial charge in [-0.05, 0) is 17.7 Å². The van der Waals surface area contributed by atoms with Crippen LogP contribution >= 0.6 is 0 Å². The molecule has 0 bridgehead atoms. The predicted octanol–water partition coefficient (Wildman–Crippen LogP) is 2.08. The maximum absolute atomic E-state index is 12.7. The molecule has 4 aromatic rings. The van der Waals surface area contributed by atoms with Crippen LogP contribution in [-0.2, 0) is 0 Å². The number of H-pyrrole nitrogens is 3. The molecule has 138 valence electrons. The van der Waals surface area contributed by atoms with Gasteiger partial charge >= 0.3 is 5.69 Å². The Balaban J connectivity index is 1.88. The lowest BCUT2D eigenvalue weighted by molar-refractivity contribution is -0.384. The van der Waals surface area contributed by atoms with Crippen molar-refractivity contribution < 1.29 is 4.92 Å². The molecule has 0 amide bonds. The van der Waals surface area contributed by atoms with E-state index >= 15 is 0 Å². The SMILES string of the molecule is O=c1[nH]c2c(c(=O)[nH]1)C(c1cccc([N+](=O)[O-])c1)c1c(ccc3cn[nH]c13)N2. The van der Waals surface area contributed by atoms with Gasteiger partial charge in [-0.1, -0.05) is 12.1 Å². The van der Waals surface area contributed by atoms with Crippen molar-refractivity contribution in [2.24, 2.45) is 0 Å². The maximum atomic E-state index is 12.7. The first-order valence-electron chi connectivity index (χ1n) is 8.37. The van der Waals surface area contributed by atoms with Crippen LogP contribution in [0.4, 0.5) is 17.2 Å². The largest absolute Gasteiger partial charge is 0.341 e. The van der Waals surface area contributed by atoms with Crippen molar-refractivity contribution in [2.75, 3.05) is 5.32 Å². The van der Waals surface area contributed by atoms with E-state index in [4.69, 9.17) is 0 Å². The van der Waals surface area contributed by atoms with Gasteiger partial charge in [0.2, 0.25) is 0 Å². The van der Waals surface area contributed by atoms with Crippen molar-refractivity contribution in [3.05, 3.63) is 90.2 Å². The lowest BCUT2D eigenvalue weighted by Crippen LogP contribution is -2.32. The molecule has 1 aliphatic rings. The van der Waals surface area contributed by atoms with Gasteiger partial charge in [0.05, 0.1) is 22.2 Å². The first-order chi connectivity index (χ1) is 13.5. The van der Waals surface area contributed by atoms with Gasteiger partial charge in [0, 0.05) is 34.7 Å². The monoisotopic (exact) mass is 376 g/mol. The molecule has 2 aromatic carbocycles. The number of hydrogen-bond acceptors (Lipinski definition) is 6. The highest BCUT2D eigenvalue weighted by Crippen LogP contribution is 2.45. The Morgan fingerprint density at radius 2 is 1.93 bits per heavy atom. The van der Waals surface area contributed by atoms with Crippen LogP contribution in [-0.4, -0.2) is 25.1 Å². The summed E-state index contributed by atoms with van der Waals surface area (Å²) >= 11 is 0. The fourth-order valence-electron chi connectivity index (χ4n) is 3.74. The molecular formula is C18H12N6O4. The molecule has 4 N–H and O–H groups in total. The van der Waals surface area contributed by atoms with E-state index in [1.807, 2.05) is 12.1 Å². The number of nitro benzene ring substituents is 1. The van der Waals surface area contributed by atoms with Crippen LogP contribution in [0.5, 0.6) is 0 Å². The number of anilines is 2. The molecule has 0 aliphatic carbocycles. The fourth-order valence-corrected chi connectivity index (χ4v) is 3.74. The predicted molar refractivity (Wildman–Crippen MR) is 101 cm³/mol. The summed E-state index contributed by atoms with van der Waals surface area (Å²) in [5.41, 5.74) is 1.63. The number of benzene rings is 2. The Labute approximate surface area is 155 Å². The molecule has 1 atom stereocenters. The highest BCUT2D eigenvalue weighted by atomic mass is 16.6. The van der Waals surface area contributed by atoms with Crippen LogP contribution in [0.1, 0.15) is 22.6 Å². The van der Waals surface area contributed by atoms with Gasteiger partial charge in [0.25, 0.3) is 11.2 Å². The molecule has 10 heteroatoms. The summed E-state index contributed by atoms with van der Waals surface area (Å²) in [4.78, 5) is 40.1. The summed E-state index contributed by atoms with van der Waals surface area (Å²) in [5.74, 6) is -0.382. The van der Waals surface area contributed by atoms with Gasteiger partial charge in [0.15, 0.2) is 0 Å². The van der Waals surface area contributed by atoms with Crippen molar-refractivity contribution >= 4 is 28.1 Å². The van der Waals surface area contributed by atoms with Crippen LogP contribution in [0.3, 0.4) is 0 Å². The summed E-state index contributed by atoms with van der Waals surface area (Å²) in [7, 11) is 0. The average molecular weight is 376 g/mol. The molecule has 1 aliphatic heterocycles. The Bertz CT molecular complexity index is 1380. The number of fused-ring (bicyclic) bond motifs is 4. The number of nitro groups is 1. The Hall–Kier alpha value is -4.21. The third kappa shape index (κ3) is 2.24. The molecule has 5 rings (SSSR count). The molecule has 28 heavy (non-hydrogen) atoms. The van der Waals surface area contributed by atoms with Gasteiger partial charge in [-0.3, -0.25) is 30.0 Å². The minimum absolute atomic E-state index is 0.0863. The molecule has 0 spiro atoms. The van der Waals surface area contributed by atoms with E-state index in [2.05, 4.69) is 25.5 Å². The summed E-state index contributed by atoms with van der Waals surface area (Å²) in [6, 6.07) is 9.78. The van der Waals surface area contributed by atoms with E-state index < -0.39 is 22.1 Å². The van der Waals surface area contributed by atoms with E-state index in [0.717, 1.165) is 10.9 Å². The average Bonchev–Trinajstić information content (AvgIpc) is 3.15. The second kappa shape index (κ2) is 5.64. The Morgan fingerprint density at radius 3 is 2.75 bits per heavy atom. The van der Waals surface area contributed by atoms with Crippen LogP contribution < -0.4 is 16.6 Å². The molecule has 0 saturated heterocycles. The lowest BCUT2D eigenvalue weighted by atomic mass is 9.81. The molecule has 1 unspecified atom stereocenters. The van der Waals surface area contributed by atoms with Gasteiger partial charge in [-0.25, -0.2) is 4.79 Å². The Kier molecular flexibility index (Phi) is 3.22. The van der Waals surface area contributed by atoms with E-state index in [1.165, 1.54) is 12.1 Å². The zero-order valence-electron chi connectivity index (χ0n) is 14.1. The highest BCUT2D eigenvalue weighted by Gasteiger charge is 2.33. The topological polar surface area (TPSA) is 150 Å². The standard InChI is InChI=1S/C18H12N6O4/c25-17-14-12(8-2-1-3-10(6-8)24(27)28)13-11(20-16(14)21-18(26)22-17)5-4-9-7-19-23-15(9)13/h1-7,12H,(H,19,23)(H3,20,21,22,25,26). The normalized spacial score (nSPS) is 14.9. The molecule has 0 radical (unpaired) electrons. The highest BCUT2D eigenvalue weighted by molar-refractivity contribution is 5.91. The molecule has 10 nitrogen and oxygen atoms in total.